The molecule has 0 aliphatic carbocycles. The minimum atomic E-state index is -2.74. The van der Waals surface area contributed by atoms with Crippen LogP contribution in [-0.2, 0) is 27.9 Å². The van der Waals surface area contributed by atoms with E-state index in [1.165, 1.54) is 27.8 Å². The van der Waals surface area contributed by atoms with Gasteiger partial charge in [-0.2, -0.15) is 0 Å². The van der Waals surface area contributed by atoms with Crippen molar-refractivity contribution in [3.05, 3.63) is 72.6 Å². The molecule has 1 aliphatic rings. The van der Waals surface area contributed by atoms with Crippen molar-refractivity contribution in [2.45, 2.75) is 24.9 Å². The van der Waals surface area contributed by atoms with Crippen LogP contribution < -0.4 is 4.90 Å². The third kappa shape index (κ3) is 7.19. The fourth-order valence-electron chi connectivity index (χ4n) is 5.09. The van der Waals surface area contributed by atoms with Gasteiger partial charge in [0.25, 0.3) is 0 Å². The molecule has 11 heteroatoms. The number of fused-ring (bicyclic) bond motifs is 3. The Hall–Kier alpha value is -4.48. The first-order valence-corrected chi connectivity index (χ1v) is 13.3. The van der Waals surface area contributed by atoms with Crippen molar-refractivity contribution in [3.63, 3.8) is 0 Å². The van der Waals surface area contributed by atoms with Crippen molar-refractivity contribution in [2.24, 2.45) is 7.05 Å². The van der Waals surface area contributed by atoms with Crippen molar-refractivity contribution in [1.29, 1.82) is 0 Å². The smallest absolute Gasteiger partial charge is 0.336 e. The predicted octanol–water partition coefficient (Wildman–Crippen LogP) is 2.84. The number of para-hydroxylation sites is 1. The number of carboxylic acids is 3. The third-order valence-corrected chi connectivity index (χ3v) is 7.28. The third-order valence-electron chi connectivity index (χ3n) is 7.28. The minimum absolute atomic E-state index is 0.991. The Balaban J connectivity index is 0.000000254. The van der Waals surface area contributed by atoms with E-state index in [0.29, 0.717) is 0 Å². The molecule has 1 aromatic heterocycles. The van der Waals surface area contributed by atoms with Crippen molar-refractivity contribution >= 4 is 45.4 Å². The Morgan fingerprint density at radius 1 is 0.829 bits per heavy atom. The van der Waals surface area contributed by atoms with Crippen molar-refractivity contribution in [3.8, 4) is 0 Å². The van der Waals surface area contributed by atoms with E-state index in [-0.39, 0.29) is 0 Å². The van der Waals surface area contributed by atoms with E-state index >= 15 is 0 Å². The number of aliphatic hydroxyl groups is 1. The van der Waals surface area contributed by atoms with Crippen molar-refractivity contribution < 1.29 is 34.8 Å². The summed E-state index contributed by atoms with van der Waals surface area (Å²) in [6, 6.07) is 23.7. The summed E-state index contributed by atoms with van der Waals surface area (Å²) in [5, 5.41) is 36.4. The molecule has 4 N–H and O–H groups in total. The summed E-state index contributed by atoms with van der Waals surface area (Å²) in [6.07, 6.45) is -1.30. The van der Waals surface area contributed by atoms with E-state index in [2.05, 4.69) is 88.1 Å². The maximum absolute atomic E-state index is 10.3. The van der Waals surface area contributed by atoms with Crippen molar-refractivity contribution in [1.82, 2.24) is 14.5 Å². The zero-order valence-electron chi connectivity index (χ0n) is 22.8. The number of rotatable bonds is 9. The van der Waals surface area contributed by atoms with Gasteiger partial charge < -0.3 is 29.9 Å². The van der Waals surface area contributed by atoms with Gasteiger partial charge in [0.15, 0.2) is 5.60 Å². The second-order valence-corrected chi connectivity index (χ2v) is 10.1. The van der Waals surface area contributed by atoms with Gasteiger partial charge in [-0.3, -0.25) is 14.5 Å². The molecule has 5 rings (SSSR count). The monoisotopic (exact) mass is 562 g/mol. The van der Waals surface area contributed by atoms with Crippen LogP contribution in [0.1, 0.15) is 18.7 Å². The first kappa shape index (κ1) is 29.5. The van der Waals surface area contributed by atoms with Gasteiger partial charge in [0.05, 0.1) is 23.9 Å². The molecule has 4 aromatic rings. The molecule has 1 saturated heterocycles. The highest BCUT2D eigenvalue weighted by Crippen LogP contribution is 2.26. The molecule has 0 amide bonds. The number of hydrogen-bond acceptors (Lipinski definition) is 7. The quantitative estimate of drug-likeness (QED) is 0.239. The molecule has 2 heterocycles. The Labute approximate surface area is 236 Å². The number of hydrogen-bond donors (Lipinski definition) is 4. The van der Waals surface area contributed by atoms with E-state index in [0.717, 1.165) is 44.7 Å². The highest BCUT2D eigenvalue weighted by atomic mass is 16.4. The fourth-order valence-corrected chi connectivity index (χ4v) is 5.09. The molecule has 11 nitrogen and oxygen atoms in total. The van der Waals surface area contributed by atoms with E-state index in [1.807, 2.05) is 0 Å². The number of benzene rings is 3. The summed E-state index contributed by atoms with van der Waals surface area (Å²) in [6.45, 7) is 5.48. The van der Waals surface area contributed by atoms with Gasteiger partial charge in [0.1, 0.15) is 5.82 Å². The molecular weight excluding hydrogens is 528 g/mol. The Morgan fingerprint density at radius 2 is 1.44 bits per heavy atom. The summed E-state index contributed by atoms with van der Waals surface area (Å²) in [4.78, 5) is 40.5. The number of aryl methyl sites for hydroxylation is 1. The Bertz CT molecular complexity index is 1510. The largest absolute Gasteiger partial charge is 0.481 e. The van der Waals surface area contributed by atoms with E-state index in [1.54, 1.807) is 0 Å². The summed E-state index contributed by atoms with van der Waals surface area (Å²) >= 11 is 0. The Kier molecular flexibility index (Phi) is 9.21. The molecule has 0 radical (unpaired) electrons. The van der Waals surface area contributed by atoms with Gasteiger partial charge in [-0.15, -0.1) is 0 Å². The van der Waals surface area contributed by atoms with Gasteiger partial charge in [-0.05, 0) is 23.6 Å². The molecule has 1 fully saturated rings. The number of aromatic nitrogens is 2. The molecule has 0 bridgehead atoms. The molecule has 1 aliphatic heterocycles. The maximum Gasteiger partial charge on any atom is 0.336 e. The lowest BCUT2D eigenvalue weighted by Gasteiger charge is -2.36. The van der Waals surface area contributed by atoms with Crippen LogP contribution in [-0.4, -0.2) is 91.1 Å². The minimum Gasteiger partial charge on any atom is -0.481 e. The molecular formula is C30H34N4O7. The fraction of sp³-hybridized carbons (Fsp3) is 0.333. The molecule has 0 spiro atoms. The average Bonchev–Trinajstić information content (AvgIpc) is 3.27. The standard InChI is InChI=1S/C24H26N4.C6H8O7/c1-26-23(25-22-12-11-19-7-5-6-10-21(19)24(22)26)13-14-27-15-17-28(18-16-27)20-8-3-2-4-9-20;7-3(8)1-6(13,5(11)12)2-4(9)10/h2-12H,13-18H2,1H3;13H,1-2H2,(H,7,8)(H,9,10)(H,11,12). The summed E-state index contributed by atoms with van der Waals surface area (Å²) in [5.74, 6) is -3.84. The SMILES string of the molecule is Cn1c(CCN2CCN(c3ccccc3)CC2)nc2ccc3ccccc3c21.O=C(O)CC(O)(CC(=O)O)C(=O)O. The number of imidazole rings is 1. The number of nitrogens with zero attached hydrogens (tertiary/aromatic N) is 4. The normalized spacial score (nSPS) is 14.0. The topological polar surface area (TPSA) is 156 Å². The zero-order valence-corrected chi connectivity index (χ0v) is 22.8. The highest BCUT2D eigenvalue weighted by molar-refractivity contribution is 6.04. The number of aliphatic carboxylic acids is 3. The van der Waals surface area contributed by atoms with Crippen LogP contribution in [0.4, 0.5) is 5.69 Å². The van der Waals surface area contributed by atoms with Gasteiger partial charge in [0, 0.05) is 57.3 Å². The van der Waals surface area contributed by atoms with Crippen LogP contribution in [0.5, 0.6) is 0 Å². The van der Waals surface area contributed by atoms with Crippen LogP contribution in [0.2, 0.25) is 0 Å². The van der Waals surface area contributed by atoms with Gasteiger partial charge >= 0.3 is 17.9 Å². The number of carboxylic acid groups (broad SMARTS) is 3. The van der Waals surface area contributed by atoms with Crippen LogP contribution in [0.25, 0.3) is 21.8 Å². The van der Waals surface area contributed by atoms with Crippen LogP contribution in [0.3, 0.4) is 0 Å². The molecule has 3 aromatic carbocycles. The van der Waals surface area contributed by atoms with Gasteiger partial charge in [-0.25, -0.2) is 9.78 Å². The van der Waals surface area contributed by atoms with Gasteiger partial charge in [0.2, 0.25) is 0 Å². The van der Waals surface area contributed by atoms with Crippen molar-refractivity contribution in [2.75, 3.05) is 37.6 Å². The van der Waals surface area contributed by atoms with Crippen LogP contribution in [0, 0.1) is 0 Å². The lowest BCUT2D eigenvalue weighted by atomic mass is 9.96. The van der Waals surface area contributed by atoms with E-state index < -0.39 is 36.4 Å². The maximum atomic E-state index is 10.3. The first-order valence-electron chi connectivity index (χ1n) is 13.3. The second kappa shape index (κ2) is 12.8. The number of carbonyl (C=O) groups is 3. The Morgan fingerprint density at radius 3 is 2.05 bits per heavy atom. The molecule has 41 heavy (non-hydrogen) atoms. The first-order chi connectivity index (χ1) is 19.6. The molecule has 216 valence electrons. The number of piperazine rings is 1. The van der Waals surface area contributed by atoms with Crippen LogP contribution >= 0.6 is 0 Å². The summed E-state index contributed by atoms with van der Waals surface area (Å²) in [5.41, 5.74) is 0.953. The average molecular weight is 563 g/mol. The summed E-state index contributed by atoms with van der Waals surface area (Å²) < 4.78 is 2.29. The predicted molar refractivity (Wildman–Crippen MR) is 154 cm³/mol. The van der Waals surface area contributed by atoms with E-state index in [9.17, 15) is 14.4 Å². The van der Waals surface area contributed by atoms with Gasteiger partial charge in [-0.1, -0.05) is 48.5 Å². The lowest BCUT2D eigenvalue weighted by molar-refractivity contribution is -0.170. The second-order valence-electron chi connectivity index (χ2n) is 10.1. The lowest BCUT2D eigenvalue weighted by Crippen LogP contribution is -2.47. The van der Waals surface area contributed by atoms with E-state index in [4.69, 9.17) is 25.4 Å². The molecule has 0 saturated carbocycles. The van der Waals surface area contributed by atoms with Crippen LogP contribution in [0.15, 0.2) is 66.7 Å². The molecule has 0 unspecified atom stereocenters. The number of anilines is 1. The summed E-state index contributed by atoms with van der Waals surface area (Å²) in [7, 11) is 2.16. The zero-order chi connectivity index (χ0) is 29.6. The highest BCUT2D eigenvalue weighted by Gasteiger charge is 2.40. The molecule has 0 atom stereocenters.